The molecular formula is C19H26N6O2. The average molecular weight is 370 g/mol. The van der Waals surface area contributed by atoms with Crippen LogP contribution in [-0.2, 0) is 11.3 Å². The van der Waals surface area contributed by atoms with Gasteiger partial charge in [-0.05, 0) is 39.2 Å². The molecular weight excluding hydrogens is 344 g/mol. The van der Waals surface area contributed by atoms with E-state index in [1.807, 2.05) is 6.92 Å². The summed E-state index contributed by atoms with van der Waals surface area (Å²) < 4.78 is 8.81. The minimum atomic E-state index is -0.477. The van der Waals surface area contributed by atoms with Crippen LogP contribution in [0.4, 0.5) is 5.82 Å². The maximum Gasteiger partial charge on any atom is 0.343 e. The Morgan fingerprint density at radius 2 is 1.96 bits per heavy atom. The molecule has 3 heterocycles. The predicted octanol–water partition coefficient (Wildman–Crippen LogP) is 2.96. The zero-order chi connectivity index (χ0) is 19.9. The molecule has 0 unspecified atom stereocenters. The summed E-state index contributed by atoms with van der Waals surface area (Å²) in [7, 11) is 0. The van der Waals surface area contributed by atoms with Gasteiger partial charge in [-0.25, -0.2) is 14.8 Å². The molecule has 0 atom stereocenters. The number of nitrogens with zero attached hydrogens (tertiary/aromatic N) is 5. The van der Waals surface area contributed by atoms with E-state index in [0.717, 1.165) is 28.8 Å². The van der Waals surface area contributed by atoms with Gasteiger partial charge < -0.3 is 15.0 Å². The average Bonchev–Trinajstić information content (AvgIpc) is 3.03. The number of fused-ring (bicyclic) bond motifs is 1. The molecule has 0 aliphatic rings. The standard InChI is InChI=1S/C19H26N6O2/c1-7-27-19(26)15-12(5)23-25(16(15)20)18-14-11(4)13(6)24(8-10(2)3)17(14)21-9-22-18/h9-10H,7-8,20H2,1-6H3. The van der Waals surface area contributed by atoms with Gasteiger partial charge in [0, 0.05) is 12.2 Å². The maximum absolute atomic E-state index is 12.2. The number of aryl methyl sites for hydroxylation is 2. The molecule has 144 valence electrons. The molecule has 0 aliphatic heterocycles. The lowest BCUT2D eigenvalue weighted by molar-refractivity contribution is 0.0527. The van der Waals surface area contributed by atoms with E-state index < -0.39 is 5.97 Å². The lowest BCUT2D eigenvalue weighted by Crippen LogP contribution is -2.11. The molecule has 3 aromatic rings. The van der Waals surface area contributed by atoms with Gasteiger partial charge in [-0.1, -0.05) is 13.8 Å². The van der Waals surface area contributed by atoms with Crippen LogP contribution < -0.4 is 5.73 Å². The Morgan fingerprint density at radius 1 is 1.26 bits per heavy atom. The summed E-state index contributed by atoms with van der Waals surface area (Å²) >= 11 is 0. The minimum absolute atomic E-state index is 0.222. The van der Waals surface area contributed by atoms with Crippen molar-refractivity contribution in [1.82, 2.24) is 24.3 Å². The fourth-order valence-corrected chi connectivity index (χ4v) is 3.36. The highest BCUT2D eigenvalue weighted by Gasteiger charge is 2.25. The van der Waals surface area contributed by atoms with Gasteiger partial charge in [0.1, 0.15) is 23.4 Å². The number of ether oxygens (including phenoxy) is 1. The first-order chi connectivity index (χ1) is 12.8. The Balaban J connectivity index is 2.25. The molecule has 8 nitrogen and oxygen atoms in total. The van der Waals surface area contributed by atoms with Crippen molar-refractivity contribution < 1.29 is 9.53 Å². The zero-order valence-electron chi connectivity index (χ0n) is 16.7. The number of hydrogen-bond donors (Lipinski definition) is 1. The molecule has 27 heavy (non-hydrogen) atoms. The molecule has 2 N–H and O–H groups in total. The second-order valence-electron chi connectivity index (χ2n) is 7.09. The van der Waals surface area contributed by atoms with Crippen molar-refractivity contribution in [3.63, 3.8) is 0 Å². The van der Waals surface area contributed by atoms with E-state index in [9.17, 15) is 4.79 Å². The van der Waals surface area contributed by atoms with E-state index in [2.05, 4.69) is 40.4 Å². The third-order valence-corrected chi connectivity index (χ3v) is 4.71. The largest absolute Gasteiger partial charge is 0.462 e. The zero-order valence-corrected chi connectivity index (χ0v) is 16.7. The van der Waals surface area contributed by atoms with Gasteiger partial charge in [-0.15, -0.1) is 0 Å². The molecule has 0 saturated heterocycles. The SMILES string of the molecule is CCOC(=O)c1c(C)nn(-c2ncnc3c2c(C)c(C)n3CC(C)C)c1N. The van der Waals surface area contributed by atoms with E-state index in [4.69, 9.17) is 10.5 Å². The normalized spacial score (nSPS) is 11.5. The molecule has 3 rings (SSSR count). The van der Waals surface area contributed by atoms with Crippen LogP contribution in [0.1, 0.15) is 48.1 Å². The second kappa shape index (κ2) is 7.02. The molecule has 3 aromatic heterocycles. The fourth-order valence-electron chi connectivity index (χ4n) is 3.36. The summed E-state index contributed by atoms with van der Waals surface area (Å²) in [5.41, 5.74) is 10.1. The van der Waals surface area contributed by atoms with E-state index in [1.165, 1.54) is 11.0 Å². The number of anilines is 1. The summed E-state index contributed by atoms with van der Waals surface area (Å²) in [6, 6.07) is 0. The van der Waals surface area contributed by atoms with Gasteiger partial charge in [0.2, 0.25) is 0 Å². The molecule has 0 aromatic carbocycles. The van der Waals surface area contributed by atoms with Crippen molar-refractivity contribution in [2.24, 2.45) is 5.92 Å². The van der Waals surface area contributed by atoms with E-state index in [0.29, 0.717) is 17.4 Å². The number of esters is 1. The lowest BCUT2D eigenvalue weighted by atomic mass is 10.2. The Kier molecular flexibility index (Phi) is 4.91. The van der Waals surface area contributed by atoms with Gasteiger partial charge in [0.05, 0.1) is 17.7 Å². The van der Waals surface area contributed by atoms with Crippen LogP contribution in [0.5, 0.6) is 0 Å². The Morgan fingerprint density at radius 3 is 2.59 bits per heavy atom. The van der Waals surface area contributed by atoms with Gasteiger partial charge in [0.25, 0.3) is 0 Å². The highest BCUT2D eigenvalue weighted by molar-refractivity contribution is 5.96. The van der Waals surface area contributed by atoms with Crippen LogP contribution in [0.3, 0.4) is 0 Å². The Bertz CT molecular complexity index is 1020. The summed E-state index contributed by atoms with van der Waals surface area (Å²) in [6.45, 7) is 13.1. The van der Waals surface area contributed by atoms with Crippen molar-refractivity contribution in [3.8, 4) is 5.82 Å². The lowest BCUT2D eigenvalue weighted by Gasteiger charge is -2.10. The van der Waals surface area contributed by atoms with Gasteiger partial charge >= 0.3 is 5.97 Å². The third-order valence-electron chi connectivity index (χ3n) is 4.71. The maximum atomic E-state index is 12.2. The number of nitrogen functional groups attached to an aromatic ring is 1. The number of rotatable bonds is 5. The molecule has 8 heteroatoms. The first-order valence-electron chi connectivity index (χ1n) is 9.10. The van der Waals surface area contributed by atoms with Crippen LogP contribution in [0.2, 0.25) is 0 Å². The topological polar surface area (TPSA) is 101 Å². The van der Waals surface area contributed by atoms with Gasteiger partial charge in [-0.3, -0.25) is 0 Å². The molecule has 0 amide bonds. The number of hydrogen-bond acceptors (Lipinski definition) is 6. The highest BCUT2D eigenvalue weighted by atomic mass is 16.5. The smallest absolute Gasteiger partial charge is 0.343 e. The van der Waals surface area contributed by atoms with Crippen molar-refractivity contribution >= 4 is 22.8 Å². The molecule has 0 bridgehead atoms. The van der Waals surface area contributed by atoms with E-state index in [-0.39, 0.29) is 18.0 Å². The molecule has 0 aliphatic carbocycles. The first-order valence-corrected chi connectivity index (χ1v) is 9.10. The Hall–Kier alpha value is -2.90. The van der Waals surface area contributed by atoms with Gasteiger partial charge in [0.15, 0.2) is 5.82 Å². The van der Waals surface area contributed by atoms with Crippen LogP contribution in [0, 0.1) is 26.7 Å². The first kappa shape index (κ1) is 18.9. The van der Waals surface area contributed by atoms with Crippen molar-refractivity contribution in [2.75, 3.05) is 12.3 Å². The number of carbonyl (C=O) groups excluding carboxylic acids is 1. The van der Waals surface area contributed by atoms with Crippen molar-refractivity contribution in [3.05, 3.63) is 28.8 Å². The summed E-state index contributed by atoms with van der Waals surface area (Å²) in [5.74, 6) is 0.790. The summed E-state index contributed by atoms with van der Waals surface area (Å²) in [6.07, 6.45) is 1.51. The number of carbonyl (C=O) groups is 1. The summed E-state index contributed by atoms with van der Waals surface area (Å²) in [4.78, 5) is 21.2. The molecule has 0 saturated carbocycles. The molecule has 0 spiro atoms. The summed E-state index contributed by atoms with van der Waals surface area (Å²) in [5, 5.41) is 5.36. The van der Waals surface area contributed by atoms with Crippen LogP contribution >= 0.6 is 0 Å². The van der Waals surface area contributed by atoms with Crippen molar-refractivity contribution in [1.29, 1.82) is 0 Å². The number of aromatic nitrogens is 5. The van der Waals surface area contributed by atoms with Crippen LogP contribution in [0.15, 0.2) is 6.33 Å². The third kappa shape index (κ3) is 3.05. The minimum Gasteiger partial charge on any atom is -0.462 e. The number of nitrogens with two attached hydrogens (primary N) is 1. The van der Waals surface area contributed by atoms with E-state index >= 15 is 0 Å². The van der Waals surface area contributed by atoms with Crippen molar-refractivity contribution in [2.45, 2.75) is 48.1 Å². The quantitative estimate of drug-likeness (QED) is 0.693. The van der Waals surface area contributed by atoms with Crippen LogP contribution in [-0.4, -0.2) is 36.9 Å². The fraction of sp³-hybridized carbons (Fsp3) is 0.474. The van der Waals surface area contributed by atoms with Gasteiger partial charge in [-0.2, -0.15) is 9.78 Å². The van der Waals surface area contributed by atoms with E-state index in [1.54, 1.807) is 13.8 Å². The predicted molar refractivity (Wildman–Crippen MR) is 104 cm³/mol. The molecule has 0 fully saturated rings. The Labute approximate surface area is 158 Å². The second-order valence-corrected chi connectivity index (χ2v) is 7.09. The monoisotopic (exact) mass is 370 g/mol. The molecule has 0 radical (unpaired) electrons. The highest BCUT2D eigenvalue weighted by Crippen LogP contribution is 2.30. The van der Waals surface area contributed by atoms with Crippen LogP contribution in [0.25, 0.3) is 16.9 Å².